The van der Waals surface area contributed by atoms with Gasteiger partial charge in [0.2, 0.25) is 5.91 Å². The van der Waals surface area contributed by atoms with Crippen molar-refractivity contribution < 1.29 is 19.4 Å². The Morgan fingerprint density at radius 2 is 0.974 bits per heavy atom. The van der Waals surface area contributed by atoms with Crippen molar-refractivity contribution in [3.05, 3.63) is 119 Å². The minimum Gasteiger partial charge on any atom is -0.453 e. The van der Waals surface area contributed by atoms with Crippen LogP contribution in [0.3, 0.4) is 0 Å². The molecule has 0 bridgehead atoms. The number of ether oxygens (including phenoxy) is 1. The Labute approximate surface area is 222 Å². The molecule has 0 unspecified atom stereocenters. The van der Waals surface area contributed by atoms with Crippen LogP contribution in [-0.4, -0.2) is 30.8 Å². The average Bonchev–Trinajstić information content (AvgIpc) is 2.93. The fourth-order valence-corrected chi connectivity index (χ4v) is 3.52. The molecule has 0 heterocycles. The molecule has 8 nitrogen and oxygen atoms in total. The minimum atomic E-state index is -0.534. The Bertz CT molecular complexity index is 1200. The quantitative estimate of drug-likeness (QED) is 0.225. The number of anilines is 4. The van der Waals surface area contributed by atoms with Crippen LogP contribution >= 0.6 is 0 Å². The van der Waals surface area contributed by atoms with E-state index >= 15 is 0 Å². The summed E-state index contributed by atoms with van der Waals surface area (Å²) in [5.41, 5.74) is 18.9. The van der Waals surface area contributed by atoms with E-state index < -0.39 is 18.6 Å². The van der Waals surface area contributed by atoms with E-state index in [1.54, 1.807) is 12.1 Å². The zero-order valence-corrected chi connectivity index (χ0v) is 21.2. The third-order valence-electron chi connectivity index (χ3n) is 5.54. The summed E-state index contributed by atoms with van der Waals surface area (Å²) in [6, 6.07) is 30.7. The number of aliphatic hydroxyl groups is 1. The van der Waals surface area contributed by atoms with Gasteiger partial charge in [-0.25, -0.2) is 4.79 Å². The summed E-state index contributed by atoms with van der Waals surface area (Å²) in [5.74, 6) is -0.438. The van der Waals surface area contributed by atoms with Crippen LogP contribution in [0.25, 0.3) is 0 Å². The van der Waals surface area contributed by atoms with Crippen LogP contribution in [0.1, 0.15) is 22.3 Å². The molecule has 4 rings (SSSR count). The Hall–Kier alpha value is -4.82. The fraction of sp³-hybridized carbons (Fsp3) is 0.133. The number of nitrogen functional groups attached to an aromatic ring is 2. The summed E-state index contributed by atoms with van der Waals surface area (Å²) >= 11 is 0. The van der Waals surface area contributed by atoms with E-state index in [1.807, 2.05) is 84.9 Å². The van der Waals surface area contributed by atoms with E-state index in [0.29, 0.717) is 11.4 Å². The number of carbonyl (C=O) groups is 2. The highest BCUT2D eigenvalue weighted by Crippen LogP contribution is 2.16. The molecule has 2 amide bonds. The Morgan fingerprint density at radius 3 is 1.32 bits per heavy atom. The lowest BCUT2D eigenvalue weighted by atomic mass is 10.0. The molecule has 0 saturated heterocycles. The van der Waals surface area contributed by atoms with Gasteiger partial charge in [-0.05, 0) is 83.6 Å². The highest BCUT2D eigenvalue weighted by molar-refractivity contribution is 5.91. The van der Waals surface area contributed by atoms with Crippen molar-refractivity contribution in [2.75, 3.05) is 35.8 Å². The number of nitrogens with two attached hydrogens (primary N) is 2. The normalized spacial score (nSPS) is 10.1. The first-order valence-corrected chi connectivity index (χ1v) is 12.0. The number of rotatable bonds is 7. The average molecular weight is 513 g/mol. The monoisotopic (exact) mass is 512 g/mol. The highest BCUT2D eigenvalue weighted by atomic mass is 16.5. The van der Waals surface area contributed by atoms with Gasteiger partial charge in [0.25, 0.3) is 0 Å². The summed E-state index contributed by atoms with van der Waals surface area (Å²) < 4.78 is 4.53. The minimum absolute atomic E-state index is 0.438. The molecule has 0 aromatic heterocycles. The molecular weight excluding hydrogens is 480 g/mol. The van der Waals surface area contributed by atoms with E-state index in [0.717, 1.165) is 35.3 Å². The van der Waals surface area contributed by atoms with Crippen LogP contribution < -0.4 is 22.1 Å². The van der Waals surface area contributed by atoms with E-state index in [9.17, 15) is 9.59 Å². The number of methoxy groups -OCH3 is 1. The van der Waals surface area contributed by atoms with Crippen molar-refractivity contribution in [1.29, 1.82) is 0 Å². The second kappa shape index (κ2) is 14.1. The first kappa shape index (κ1) is 27.8. The summed E-state index contributed by atoms with van der Waals surface area (Å²) in [7, 11) is 1.32. The molecule has 0 atom stereocenters. The molecule has 7 N–H and O–H groups in total. The predicted octanol–water partition coefficient (Wildman–Crippen LogP) is 4.83. The molecule has 0 saturated carbocycles. The van der Waals surface area contributed by atoms with Gasteiger partial charge in [0.1, 0.15) is 6.61 Å². The second-order valence-electron chi connectivity index (χ2n) is 8.55. The maximum absolute atomic E-state index is 11.1. The van der Waals surface area contributed by atoms with E-state index in [1.165, 1.54) is 18.2 Å². The van der Waals surface area contributed by atoms with Crippen LogP contribution in [0.2, 0.25) is 0 Å². The molecule has 38 heavy (non-hydrogen) atoms. The van der Waals surface area contributed by atoms with Gasteiger partial charge in [-0.15, -0.1) is 0 Å². The van der Waals surface area contributed by atoms with Crippen LogP contribution in [0.5, 0.6) is 0 Å². The fourth-order valence-electron chi connectivity index (χ4n) is 3.52. The number of carbonyl (C=O) groups excluding carboxylic acids is 2. The largest absolute Gasteiger partial charge is 0.453 e. The molecule has 4 aromatic carbocycles. The molecule has 0 fully saturated rings. The lowest BCUT2D eigenvalue weighted by Gasteiger charge is -2.07. The zero-order valence-electron chi connectivity index (χ0n) is 21.2. The number of hydrogen-bond acceptors (Lipinski definition) is 6. The first-order valence-electron chi connectivity index (χ1n) is 12.0. The van der Waals surface area contributed by atoms with Gasteiger partial charge in [-0.3, -0.25) is 10.1 Å². The smallest absolute Gasteiger partial charge is 0.411 e. The highest BCUT2D eigenvalue weighted by Gasteiger charge is 2.03. The molecule has 0 aliphatic heterocycles. The van der Waals surface area contributed by atoms with Crippen molar-refractivity contribution in [2.24, 2.45) is 0 Å². The van der Waals surface area contributed by atoms with Gasteiger partial charge >= 0.3 is 6.09 Å². The SMILES string of the molecule is COC(=O)Nc1ccc(Cc2ccc(NC(=O)CO)cc2)cc1.Nc1ccc(Cc2ccc(N)cc2)cc1. The number of amides is 2. The summed E-state index contributed by atoms with van der Waals surface area (Å²) in [4.78, 5) is 22.2. The second-order valence-corrected chi connectivity index (χ2v) is 8.55. The topological polar surface area (TPSA) is 140 Å². The number of hydrogen-bond donors (Lipinski definition) is 5. The summed E-state index contributed by atoms with van der Waals surface area (Å²) in [6.07, 6.45) is 1.14. The molecule has 4 aromatic rings. The van der Waals surface area contributed by atoms with Crippen LogP contribution in [0.4, 0.5) is 27.5 Å². The van der Waals surface area contributed by atoms with Gasteiger partial charge in [0, 0.05) is 22.7 Å². The van der Waals surface area contributed by atoms with Crippen molar-refractivity contribution in [3.63, 3.8) is 0 Å². The van der Waals surface area contributed by atoms with Crippen LogP contribution in [-0.2, 0) is 22.4 Å². The van der Waals surface area contributed by atoms with E-state index in [2.05, 4.69) is 15.4 Å². The molecular formula is C30H32N4O4. The number of nitrogens with one attached hydrogen (secondary N) is 2. The first-order chi connectivity index (χ1) is 18.3. The maximum atomic E-state index is 11.1. The molecule has 8 heteroatoms. The maximum Gasteiger partial charge on any atom is 0.411 e. The van der Waals surface area contributed by atoms with E-state index in [-0.39, 0.29) is 0 Å². The molecule has 0 aliphatic rings. The van der Waals surface area contributed by atoms with Crippen molar-refractivity contribution >= 4 is 34.7 Å². The third kappa shape index (κ3) is 9.33. The van der Waals surface area contributed by atoms with E-state index in [4.69, 9.17) is 16.6 Å². The summed E-state index contributed by atoms with van der Waals surface area (Å²) in [6.45, 7) is -0.534. The Kier molecular flexibility index (Phi) is 10.3. The molecule has 0 aliphatic carbocycles. The van der Waals surface area contributed by atoms with Crippen molar-refractivity contribution in [1.82, 2.24) is 0 Å². The number of aliphatic hydroxyl groups excluding tert-OH is 1. The predicted molar refractivity (Wildman–Crippen MR) is 152 cm³/mol. The van der Waals surface area contributed by atoms with Gasteiger partial charge in [-0.1, -0.05) is 48.5 Å². The van der Waals surface area contributed by atoms with Crippen LogP contribution in [0, 0.1) is 0 Å². The standard InChI is InChI=1S/C17H18N2O4.C13H14N2/c1-23-17(22)19-15-8-4-13(5-9-15)10-12-2-6-14(7-3-12)18-16(21)11-20;14-12-5-1-10(2-6-12)9-11-3-7-13(15)8-4-11/h2-9,20H,10-11H2,1H3,(H,18,21)(H,19,22);1-8H,9,14-15H2. The van der Waals surface area contributed by atoms with Crippen molar-refractivity contribution in [2.45, 2.75) is 12.8 Å². The van der Waals surface area contributed by atoms with Crippen LogP contribution in [0.15, 0.2) is 97.1 Å². The third-order valence-corrected chi connectivity index (χ3v) is 5.54. The Morgan fingerprint density at radius 1 is 0.632 bits per heavy atom. The van der Waals surface area contributed by atoms with Crippen molar-refractivity contribution in [3.8, 4) is 0 Å². The molecule has 0 radical (unpaired) electrons. The van der Waals surface area contributed by atoms with Gasteiger partial charge in [0.05, 0.1) is 7.11 Å². The summed E-state index contributed by atoms with van der Waals surface area (Å²) in [5, 5.41) is 13.9. The zero-order chi connectivity index (χ0) is 27.3. The Balaban J connectivity index is 0.000000230. The number of benzene rings is 4. The van der Waals surface area contributed by atoms with Gasteiger partial charge in [-0.2, -0.15) is 0 Å². The lowest BCUT2D eigenvalue weighted by molar-refractivity contribution is -0.118. The lowest BCUT2D eigenvalue weighted by Crippen LogP contribution is -2.15. The van der Waals surface area contributed by atoms with Gasteiger partial charge in [0.15, 0.2) is 0 Å². The van der Waals surface area contributed by atoms with Gasteiger partial charge < -0.3 is 26.6 Å². The molecule has 196 valence electrons. The molecule has 0 spiro atoms.